The Bertz CT molecular complexity index is 842. The van der Waals surface area contributed by atoms with Crippen LogP contribution in [0, 0.1) is 19.7 Å². The molecule has 2 aromatic heterocycles. The zero-order valence-corrected chi connectivity index (χ0v) is 11.5. The van der Waals surface area contributed by atoms with E-state index >= 15 is 0 Å². The molecule has 1 N–H and O–H groups in total. The average molecular weight is 285 g/mol. The van der Waals surface area contributed by atoms with Crippen LogP contribution in [0.2, 0.25) is 0 Å². The summed E-state index contributed by atoms with van der Waals surface area (Å²) in [7, 11) is 0. The van der Waals surface area contributed by atoms with E-state index in [1.165, 1.54) is 22.7 Å². The topological polar surface area (TPSA) is 72.2 Å². The molecule has 106 valence electrons. The molecule has 0 aliphatic rings. The first-order valence-corrected chi connectivity index (χ1v) is 6.30. The van der Waals surface area contributed by atoms with Crippen molar-refractivity contribution in [2.75, 3.05) is 5.32 Å². The first-order valence-electron chi connectivity index (χ1n) is 6.30. The maximum absolute atomic E-state index is 13.0. The molecule has 6 nitrogen and oxygen atoms in total. The normalized spacial score (nSPS) is 10.8. The summed E-state index contributed by atoms with van der Waals surface area (Å²) in [5.74, 6) is -0.442. The Hall–Kier alpha value is -2.83. The first-order chi connectivity index (χ1) is 10.0. The summed E-state index contributed by atoms with van der Waals surface area (Å²) in [4.78, 5) is 20.3. The first kappa shape index (κ1) is 13.2. The van der Waals surface area contributed by atoms with E-state index < -0.39 is 5.91 Å². The molecule has 3 rings (SSSR count). The Morgan fingerprint density at radius 3 is 2.81 bits per heavy atom. The van der Waals surface area contributed by atoms with Crippen LogP contribution < -0.4 is 5.32 Å². The Morgan fingerprint density at radius 2 is 2.10 bits per heavy atom. The number of hydrogen-bond acceptors (Lipinski definition) is 4. The van der Waals surface area contributed by atoms with Gasteiger partial charge in [0.1, 0.15) is 5.82 Å². The quantitative estimate of drug-likeness (QED) is 0.783. The minimum Gasteiger partial charge on any atom is -0.319 e. The van der Waals surface area contributed by atoms with Crippen LogP contribution in [-0.4, -0.2) is 25.5 Å². The molecule has 0 atom stereocenters. The van der Waals surface area contributed by atoms with E-state index in [0.717, 1.165) is 5.69 Å². The highest BCUT2D eigenvalue weighted by Crippen LogP contribution is 2.16. The summed E-state index contributed by atoms with van der Waals surface area (Å²) in [6, 6.07) is 5.90. The van der Waals surface area contributed by atoms with Crippen molar-refractivity contribution >= 4 is 17.4 Å². The van der Waals surface area contributed by atoms with E-state index in [4.69, 9.17) is 0 Å². The summed E-state index contributed by atoms with van der Waals surface area (Å²) >= 11 is 0. The summed E-state index contributed by atoms with van der Waals surface area (Å²) in [6.07, 6.45) is 1.60. The van der Waals surface area contributed by atoms with Crippen LogP contribution in [0.3, 0.4) is 0 Å². The number of amides is 1. The van der Waals surface area contributed by atoms with Gasteiger partial charge in [-0.3, -0.25) is 4.79 Å². The summed E-state index contributed by atoms with van der Waals surface area (Å²) in [5, 5.41) is 6.77. The van der Waals surface area contributed by atoms with E-state index in [1.54, 1.807) is 19.2 Å². The lowest BCUT2D eigenvalue weighted by atomic mass is 10.2. The lowest BCUT2D eigenvalue weighted by Gasteiger charge is -2.06. The Balaban J connectivity index is 1.92. The van der Waals surface area contributed by atoms with Crippen LogP contribution in [0.15, 0.2) is 30.5 Å². The Morgan fingerprint density at radius 1 is 1.29 bits per heavy atom. The van der Waals surface area contributed by atoms with Crippen LogP contribution in [-0.2, 0) is 0 Å². The molecule has 0 saturated heterocycles. The molecule has 1 amide bonds. The van der Waals surface area contributed by atoms with E-state index in [9.17, 15) is 9.18 Å². The lowest BCUT2D eigenvalue weighted by Crippen LogP contribution is -2.14. The van der Waals surface area contributed by atoms with Gasteiger partial charge >= 0.3 is 0 Å². The number of aromatic nitrogens is 4. The second kappa shape index (κ2) is 4.93. The highest BCUT2D eigenvalue weighted by Gasteiger charge is 2.15. The van der Waals surface area contributed by atoms with Gasteiger partial charge in [0, 0.05) is 17.6 Å². The number of hydrogen-bond donors (Lipinski definition) is 1. The van der Waals surface area contributed by atoms with Gasteiger partial charge in [0.25, 0.3) is 11.7 Å². The molecule has 0 saturated carbocycles. The van der Waals surface area contributed by atoms with Gasteiger partial charge in [0.15, 0.2) is 0 Å². The van der Waals surface area contributed by atoms with Crippen molar-refractivity contribution in [1.29, 1.82) is 0 Å². The fourth-order valence-electron chi connectivity index (χ4n) is 1.95. The Labute approximate surface area is 119 Å². The average Bonchev–Trinajstić information content (AvgIpc) is 2.87. The molecular formula is C14H12FN5O. The molecule has 0 aliphatic carbocycles. The number of anilines is 1. The lowest BCUT2D eigenvalue weighted by molar-refractivity contribution is 0.101. The van der Waals surface area contributed by atoms with E-state index in [-0.39, 0.29) is 11.6 Å². The molecule has 0 fully saturated rings. The summed E-state index contributed by atoms with van der Waals surface area (Å²) in [5.41, 5.74) is 1.97. The minimum atomic E-state index is -0.463. The van der Waals surface area contributed by atoms with Gasteiger partial charge in [-0.25, -0.2) is 13.9 Å². The number of aryl methyl sites for hydroxylation is 2. The summed E-state index contributed by atoms with van der Waals surface area (Å²) in [6.45, 7) is 3.55. The number of nitrogens with zero attached hydrogens (tertiary/aromatic N) is 4. The molecule has 0 radical (unpaired) electrons. The van der Waals surface area contributed by atoms with Crippen LogP contribution >= 0.6 is 0 Å². The monoisotopic (exact) mass is 285 g/mol. The van der Waals surface area contributed by atoms with Crippen LogP contribution in [0.1, 0.15) is 21.9 Å². The molecule has 3 aromatic rings. The zero-order valence-electron chi connectivity index (χ0n) is 11.5. The summed E-state index contributed by atoms with van der Waals surface area (Å²) < 4.78 is 14.5. The molecule has 0 spiro atoms. The molecule has 0 bridgehead atoms. The third kappa shape index (κ3) is 2.45. The smallest absolute Gasteiger partial charge is 0.295 e. The number of fused-ring (bicyclic) bond motifs is 1. The van der Waals surface area contributed by atoms with E-state index in [2.05, 4.69) is 20.4 Å². The van der Waals surface area contributed by atoms with Crippen molar-refractivity contribution in [2.24, 2.45) is 0 Å². The SMILES string of the molecule is Cc1cc(F)ccc1NC(=O)c1nc2nccc(C)n2n1. The second-order valence-corrected chi connectivity index (χ2v) is 4.65. The minimum absolute atomic E-state index is 0.0144. The van der Waals surface area contributed by atoms with Crippen LogP contribution in [0.25, 0.3) is 5.78 Å². The van der Waals surface area contributed by atoms with Gasteiger partial charge in [-0.1, -0.05) is 0 Å². The fourth-order valence-corrected chi connectivity index (χ4v) is 1.95. The fraction of sp³-hybridized carbons (Fsp3) is 0.143. The van der Waals surface area contributed by atoms with E-state index in [0.29, 0.717) is 17.0 Å². The molecule has 1 aromatic carbocycles. The van der Waals surface area contributed by atoms with Gasteiger partial charge in [-0.05, 0) is 43.7 Å². The standard InChI is InChI=1S/C14H12FN5O/c1-8-7-10(15)3-4-11(8)17-13(21)12-18-14-16-6-5-9(2)20(14)19-12/h3-7H,1-2H3,(H,17,21). The van der Waals surface area contributed by atoms with Crippen molar-refractivity contribution < 1.29 is 9.18 Å². The molecule has 2 heterocycles. The number of nitrogens with one attached hydrogen (secondary N) is 1. The second-order valence-electron chi connectivity index (χ2n) is 4.65. The highest BCUT2D eigenvalue weighted by atomic mass is 19.1. The number of benzene rings is 1. The Kier molecular flexibility index (Phi) is 3.09. The maximum Gasteiger partial charge on any atom is 0.295 e. The van der Waals surface area contributed by atoms with Gasteiger partial charge in [0.05, 0.1) is 0 Å². The van der Waals surface area contributed by atoms with Crippen molar-refractivity contribution in [3.63, 3.8) is 0 Å². The maximum atomic E-state index is 13.0. The molecule has 7 heteroatoms. The predicted octanol–water partition coefficient (Wildman–Crippen LogP) is 2.13. The predicted molar refractivity (Wildman–Crippen MR) is 74.6 cm³/mol. The molecule has 0 aliphatic heterocycles. The van der Waals surface area contributed by atoms with Crippen LogP contribution in [0.5, 0.6) is 0 Å². The van der Waals surface area contributed by atoms with Gasteiger partial charge in [-0.2, -0.15) is 4.98 Å². The molecular weight excluding hydrogens is 273 g/mol. The number of carbonyl (C=O) groups excluding carboxylic acids is 1. The highest BCUT2D eigenvalue weighted by molar-refractivity contribution is 6.02. The third-order valence-electron chi connectivity index (χ3n) is 3.07. The number of carbonyl (C=O) groups is 1. The van der Waals surface area contributed by atoms with Gasteiger partial charge in [-0.15, -0.1) is 5.10 Å². The van der Waals surface area contributed by atoms with E-state index in [1.807, 2.05) is 6.92 Å². The van der Waals surface area contributed by atoms with Gasteiger partial charge < -0.3 is 5.32 Å². The van der Waals surface area contributed by atoms with Crippen molar-refractivity contribution in [2.45, 2.75) is 13.8 Å². The third-order valence-corrected chi connectivity index (χ3v) is 3.07. The van der Waals surface area contributed by atoms with Crippen molar-refractivity contribution in [1.82, 2.24) is 19.6 Å². The number of rotatable bonds is 2. The largest absolute Gasteiger partial charge is 0.319 e. The van der Waals surface area contributed by atoms with Crippen LogP contribution in [0.4, 0.5) is 10.1 Å². The molecule has 0 unspecified atom stereocenters. The van der Waals surface area contributed by atoms with Gasteiger partial charge in [0.2, 0.25) is 5.82 Å². The molecule has 21 heavy (non-hydrogen) atoms. The zero-order chi connectivity index (χ0) is 15.0. The van der Waals surface area contributed by atoms with Crippen molar-refractivity contribution in [3.8, 4) is 0 Å². The number of halogens is 1. The van der Waals surface area contributed by atoms with Crippen molar-refractivity contribution in [3.05, 3.63) is 53.4 Å².